The van der Waals surface area contributed by atoms with E-state index in [4.69, 9.17) is 9.47 Å². The van der Waals surface area contributed by atoms with Crippen LogP contribution in [0.1, 0.15) is 17.5 Å². The highest BCUT2D eigenvalue weighted by Crippen LogP contribution is 2.34. The number of amides is 1. The molecule has 0 saturated heterocycles. The summed E-state index contributed by atoms with van der Waals surface area (Å²) in [6, 6.07) is 9.21. The Kier molecular flexibility index (Phi) is 7.46. The molecule has 3 rings (SSSR count). The molecule has 0 radical (unpaired) electrons. The van der Waals surface area contributed by atoms with Crippen molar-refractivity contribution in [3.8, 4) is 22.1 Å². The number of hydrogen-bond acceptors (Lipinski definition) is 8. The van der Waals surface area contributed by atoms with Gasteiger partial charge in [-0.3, -0.25) is 4.79 Å². The molecule has 0 aliphatic carbocycles. The third-order valence-corrected chi connectivity index (χ3v) is 7.28. The van der Waals surface area contributed by atoms with Gasteiger partial charge in [-0.25, -0.2) is 13.4 Å². The van der Waals surface area contributed by atoms with Gasteiger partial charge in [-0.1, -0.05) is 6.07 Å². The van der Waals surface area contributed by atoms with E-state index in [9.17, 15) is 13.2 Å². The third-order valence-electron chi connectivity index (χ3n) is 4.02. The summed E-state index contributed by atoms with van der Waals surface area (Å²) in [5.74, 6) is -0.153. The summed E-state index contributed by atoms with van der Waals surface area (Å²) in [5.41, 5.74) is 1.21. The molecule has 0 unspecified atom stereocenters. The fourth-order valence-electron chi connectivity index (χ4n) is 2.71. The molecule has 0 aliphatic heterocycles. The summed E-state index contributed by atoms with van der Waals surface area (Å²) in [7, 11) is -2.07. The summed E-state index contributed by atoms with van der Waals surface area (Å²) in [6.45, 7) is 2.74. The molecule has 30 heavy (non-hydrogen) atoms. The number of nitrogens with one attached hydrogen (secondary N) is 1. The van der Waals surface area contributed by atoms with Crippen molar-refractivity contribution in [3.05, 3.63) is 51.7 Å². The Morgan fingerprint density at radius 3 is 2.73 bits per heavy atom. The van der Waals surface area contributed by atoms with Crippen LogP contribution in [0.25, 0.3) is 10.6 Å². The highest BCUT2D eigenvalue weighted by atomic mass is 32.2. The average Bonchev–Trinajstić information content (AvgIpc) is 3.38. The second-order valence-corrected chi connectivity index (χ2v) is 10.3. The summed E-state index contributed by atoms with van der Waals surface area (Å²) in [6.07, 6.45) is 0. The van der Waals surface area contributed by atoms with E-state index in [1.807, 2.05) is 30.5 Å². The number of carbonyl (C=O) groups is 1. The zero-order chi connectivity index (χ0) is 21.6. The molecule has 1 aromatic carbocycles. The second kappa shape index (κ2) is 10.1. The van der Waals surface area contributed by atoms with Crippen LogP contribution in [-0.4, -0.2) is 38.8 Å². The number of aromatic nitrogens is 1. The van der Waals surface area contributed by atoms with Crippen LogP contribution in [0.15, 0.2) is 41.1 Å². The van der Waals surface area contributed by atoms with Gasteiger partial charge in [-0.05, 0) is 36.6 Å². The number of rotatable bonds is 10. The lowest BCUT2D eigenvalue weighted by molar-refractivity contribution is -0.118. The molecule has 2 aromatic heterocycles. The van der Waals surface area contributed by atoms with Crippen LogP contribution >= 0.6 is 22.7 Å². The molecular formula is C20H22N2O5S3. The Morgan fingerprint density at radius 1 is 1.20 bits per heavy atom. The normalized spacial score (nSPS) is 11.3. The maximum Gasteiger partial charge on any atom is 0.235 e. The average molecular weight is 467 g/mol. The minimum Gasteiger partial charge on any atom is -0.493 e. The van der Waals surface area contributed by atoms with Gasteiger partial charge in [0.15, 0.2) is 21.3 Å². The lowest BCUT2D eigenvalue weighted by atomic mass is 10.2. The summed E-state index contributed by atoms with van der Waals surface area (Å²) < 4.78 is 35.7. The SMILES string of the molecule is CCOc1ccc(-c2nc(CS(=O)(=O)CC(=O)NCc3cccs3)cs2)cc1OC. The van der Waals surface area contributed by atoms with Gasteiger partial charge >= 0.3 is 0 Å². The summed E-state index contributed by atoms with van der Waals surface area (Å²) in [5, 5.41) is 6.90. The molecule has 2 heterocycles. The number of hydrogen-bond donors (Lipinski definition) is 1. The largest absolute Gasteiger partial charge is 0.493 e. The van der Waals surface area contributed by atoms with E-state index in [2.05, 4.69) is 10.3 Å². The summed E-state index contributed by atoms with van der Waals surface area (Å²) >= 11 is 2.84. The Morgan fingerprint density at radius 2 is 2.03 bits per heavy atom. The number of thiophene rings is 1. The van der Waals surface area contributed by atoms with Crippen molar-refractivity contribution in [2.75, 3.05) is 19.5 Å². The molecule has 1 amide bonds. The van der Waals surface area contributed by atoms with Crippen molar-refractivity contribution in [2.45, 2.75) is 19.2 Å². The summed E-state index contributed by atoms with van der Waals surface area (Å²) in [4.78, 5) is 17.4. The van der Waals surface area contributed by atoms with Crippen LogP contribution < -0.4 is 14.8 Å². The number of sulfone groups is 1. The zero-order valence-electron chi connectivity index (χ0n) is 16.6. The molecule has 0 atom stereocenters. The van der Waals surface area contributed by atoms with E-state index < -0.39 is 21.5 Å². The minimum absolute atomic E-state index is 0.288. The first-order chi connectivity index (χ1) is 14.4. The van der Waals surface area contributed by atoms with Crippen molar-refractivity contribution >= 4 is 38.4 Å². The van der Waals surface area contributed by atoms with Gasteiger partial charge in [0.05, 0.1) is 31.7 Å². The van der Waals surface area contributed by atoms with Crippen molar-refractivity contribution in [1.29, 1.82) is 0 Å². The lowest BCUT2D eigenvalue weighted by Crippen LogP contribution is -2.30. The van der Waals surface area contributed by atoms with E-state index in [0.29, 0.717) is 35.4 Å². The maximum absolute atomic E-state index is 12.4. The highest BCUT2D eigenvalue weighted by Gasteiger charge is 2.20. The van der Waals surface area contributed by atoms with Gasteiger partial charge in [0.2, 0.25) is 5.91 Å². The Hall–Kier alpha value is -2.43. The number of ether oxygens (including phenoxy) is 2. The van der Waals surface area contributed by atoms with Gasteiger partial charge in [0.25, 0.3) is 0 Å². The molecular weight excluding hydrogens is 444 g/mol. The van der Waals surface area contributed by atoms with Crippen LogP contribution in [0, 0.1) is 0 Å². The Balaban J connectivity index is 1.63. The van der Waals surface area contributed by atoms with Gasteiger partial charge in [-0.2, -0.15) is 0 Å². The first-order valence-corrected chi connectivity index (χ1v) is 12.7. The van der Waals surface area contributed by atoms with Crippen molar-refractivity contribution in [2.24, 2.45) is 0 Å². The zero-order valence-corrected chi connectivity index (χ0v) is 19.0. The lowest BCUT2D eigenvalue weighted by Gasteiger charge is -2.09. The van der Waals surface area contributed by atoms with Crippen LogP contribution in [-0.2, 0) is 26.9 Å². The monoisotopic (exact) mass is 466 g/mol. The van der Waals surface area contributed by atoms with Crippen molar-refractivity contribution in [1.82, 2.24) is 10.3 Å². The number of benzene rings is 1. The first kappa shape index (κ1) is 22.3. The molecule has 0 fully saturated rings. The van der Waals surface area contributed by atoms with Gasteiger partial charge < -0.3 is 14.8 Å². The molecule has 0 bridgehead atoms. The standard InChI is InChI=1S/C20H22N2O5S3/c1-3-27-17-7-6-14(9-18(17)26-2)20-22-15(11-29-20)12-30(24,25)13-19(23)21-10-16-5-4-8-28-16/h4-9,11H,3,10,12-13H2,1-2H3,(H,21,23). The number of methoxy groups -OCH3 is 1. The van der Waals surface area contributed by atoms with Crippen LogP contribution in [0.5, 0.6) is 11.5 Å². The predicted octanol–water partition coefficient (Wildman–Crippen LogP) is 3.51. The molecule has 0 aliphatic rings. The van der Waals surface area contributed by atoms with Crippen molar-refractivity contribution in [3.63, 3.8) is 0 Å². The van der Waals surface area contributed by atoms with Crippen LogP contribution in [0.4, 0.5) is 0 Å². The van der Waals surface area contributed by atoms with Gasteiger partial charge in [0, 0.05) is 15.8 Å². The van der Waals surface area contributed by atoms with E-state index >= 15 is 0 Å². The second-order valence-electron chi connectivity index (χ2n) is 6.33. The molecule has 3 aromatic rings. The van der Waals surface area contributed by atoms with E-state index in [-0.39, 0.29) is 5.75 Å². The van der Waals surface area contributed by atoms with Crippen LogP contribution in [0.3, 0.4) is 0 Å². The quantitative estimate of drug-likeness (QED) is 0.491. The van der Waals surface area contributed by atoms with Gasteiger partial charge in [-0.15, -0.1) is 22.7 Å². The number of nitrogens with zero attached hydrogens (tertiary/aromatic N) is 1. The Bertz CT molecular complexity index is 1090. The molecule has 0 spiro atoms. The van der Waals surface area contributed by atoms with Crippen molar-refractivity contribution < 1.29 is 22.7 Å². The van der Waals surface area contributed by atoms with E-state index in [0.717, 1.165) is 10.4 Å². The fraction of sp³-hybridized carbons (Fsp3) is 0.300. The molecule has 10 heteroatoms. The van der Waals surface area contributed by atoms with Crippen LogP contribution in [0.2, 0.25) is 0 Å². The topological polar surface area (TPSA) is 94.6 Å². The Labute approximate surface area is 183 Å². The fourth-order valence-corrected chi connectivity index (χ4v) is 5.48. The van der Waals surface area contributed by atoms with E-state index in [1.165, 1.54) is 22.7 Å². The predicted molar refractivity (Wildman–Crippen MR) is 119 cm³/mol. The third kappa shape index (κ3) is 6.04. The number of carbonyl (C=O) groups excluding carboxylic acids is 1. The van der Waals surface area contributed by atoms with Gasteiger partial charge in [0.1, 0.15) is 10.8 Å². The maximum atomic E-state index is 12.4. The minimum atomic E-state index is -3.63. The molecule has 160 valence electrons. The molecule has 1 N–H and O–H groups in total. The molecule has 0 saturated carbocycles. The smallest absolute Gasteiger partial charge is 0.235 e. The van der Waals surface area contributed by atoms with E-state index in [1.54, 1.807) is 24.6 Å². The number of thiazole rings is 1. The highest BCUT2D eigenvalue weighted by molar-refractivity contribution is 7.91. The molecule has 7 nitrogen and oxygen atoms in total. The first-order valence-electron chi connectivity index (χ1n) is 9.15.